The van der Waals surface area contributed by atoms with Gasteiger partial charge in [-0.2, -0.15) is 0 Å². The first kappa shape index (κ1) is 24.2. The second-order valence-electron chi connectivity index (χ2n) is 8.07. The van der Waals surface area contributed by atoms with Gasteiger partial charge >= 0.3 is 0 Å². The molecule has 178 valence electrons. The van der Waals surface area contributed by atoms with Crippen LogP contribution < -0.4 is 10.2 Å². The number of carbonyl (C=O) groups excluding carboxylic acids is 1. The van der Waals surface area contributed by atoms with Crippen LogP contribution in [0, 0.1) is 5.92 Å². The number of anilines is 1. The van der Waals surface area contributed by atoms with E-state index in [1.807, 2.05) is 11.0 Å². The monoisotopic (exact) mass is 447 g/mol. The van der Waals surface area contributed by atoms with Crippen molar-refractivity contribution in [1.82, 2.24) is 25.1 Å². The maximum Gasteiger partial charge on any atom is 0.225 e. The maximum atomic E-state index is 12.7. The fourth-order valence-electron chi connectivity index (χ4n) is 4.01. The normalized spacial score (nSPS) is 19.5. The summed E-state index contributed by atoms with van der Waals surface area (Å²) >= 11 is 0. The van der Waals surface area contributed by atoms with Gasteiger partial charge < -0.3 is 29.5 Å². The quantitative estimate of drug-likeness (QED) is 0.314. The molecule has 1 N–H and O–H groups in total. The van der Waals surface area contributed by atoms with Crippen molar-refractivity contribution in [2.75, 3.05) is 84.2 Å². The van der Waals surface area contributed by atoms with Crippen molar-refractivity contribution in [2.24, 2.45) is 10.9 Å². The van der Waals surface area contributed by atoms with E-state index in [9.17, 15) is 4.79 Å². The number of rotatable bonds is 10. The first-order valence-electron chi connectivity index (χ1n) is 11.6. The summed E-state index contributed by atoms with van der Waals surface area (Å²) in [5, 5.41) is 3.37. The third-order valence-corrected chi connectivity index (χ3v) is 5.76. The molecule has 1 atom stereocenters. The van der Waals surface area contributed by atoms with Gasteiger partial charge in [-0.25, -0.2) is 9.97 Å². The van der Waals surface area contributed by atoms with Crippen molar-refractivity contribution >= 4 is 17.8 Å². The predicted octanol–water partition coefficient (Wildman–Crippen LogP) is 0.466. The molecular weight excluding hydrogens is 410 g/mol. The lowest BCUT2D eigenvalue weighted by Crippen LogP contribution is -2.49. The lowest BCUT2D eigenvalue weighted by atomic mass is 10.1. The molecule has 0 saturated carbocycles. The Hall–Kier alpha value is -2.46. The van der Waals surface area contributed by atoms with E-state index in [0.29, 0.717) is 45.2 Å². The van der Waals surface area contributed by atoms with Crippen LogP contribution in [-0.2, 0) is 14.3 Å². The van der Waals surface area contributed by atoms with Gasteiger partial charge in [-0.15, -0.1) is 0 Å². The number of nitrogens with one attached hydrogen (secondary N) is 1. The number of hydrogen-bond donors (Lipinski definition) is 1. The Labute approximate surface area is 191 Å². The first-order chi connectivity index (χ1) is 15.7. The van der Waals surface area contributed by atoms with E-state index in [-0.39, 0.29) is 5.91 Å². The van der Waals surface area contributed by atoms with Crippen molar-refractivity contribution in [3.8, 4) is 0 Å². The minimum Gasteiger partial charge on any atom is -0.382 e. The van der Waals surface area contributed by atoms with Crippen LogP contribution in [0.3, 0.4) is 0 Å². The maximum absolute atomic E-state index is 12.7. The molecule has 0 bridgehead atoms. The van der Waals surface area contributed by atoms with E-state index in [2.05, 4.69) is 32.0 Å². The Morgan fingerprint density at radius 2 is 1.94 bits per heavy atom. The van der Waals surface area contributed by atoms with E-state index < -0.39 is 0 Å². The van der Waals surface area contributed by atoms with Crippen LogP contribution >= 0.6 is 0 Å². The molecular formula is C22H37N7O3. The Kier molecular flexibility index (Phi) is 9.96. The number of aromatic nitrogens is 2. The van der Waals surface area contributed by atoms with Crippen LogP contribution in [0.5, 0.6) is 0 Å². The van der Waals surface area contributed by atoms with E-state index in [0.717, 1.165) is 57.7 Å². The molecule has 2 aliphatic heterocycles. The van der Waals surface area contributed by atoms with Crippen molar-refractivity contribution in [1.29, 1.82) is 0 Å². The number of guanidine groups is 1. The predicted molar refractivity (Wildman–Crippen MR) is 124 cm³/mol. The highest BCUT2D eigenvalue weighted by molar-refractivity contribution is 5.81. The Morgan fingerprint density at radius 3 is 2.66 bits per heavy atom. The molecule has 2 fully saturated rings. The number of nitrogens with zero attached hydrogens (tertiary/aromatic N) is 6. The second-order valence-corrected chi connectivity index (χ2v) is 8.07. The zero-order valence-corrected chi connectivity index (χ0v) is 19.4. The number of carbonyl (C=O) groups is 1. The second kappa shape index (κ2) is 13.2. The summed E-state index contributed by atoms with van der Waals surface area (Å²) in [5.74, 6) is 2.28. The van der Waals surface area contributed by atoms with Crippen LogP contribution in [0.2, 0.25) is 0 Å². The zero-order valence-electron chi connectivity index (χ0n) is 19.4. The van der Waals surface area contributed by atoms with E-state index >= 15 is 0 Å². The Bertz CT molecular complexity index is 711. The summed E-state index contributed by atoms with van der Waals surface area (Å²) in [6.07, 6.45) is 5.01. The molecule has 0 radical (unpaired) electrons. The van der Waals surface area contributed by atoms with Gasteiger partial charge in [0, 0.05) is 77.7 Å². The Morgan fingerprint density at radius 1 is 1.16 bits per heavy atom. The summed E-state index contributed by atoms with van der Waals surface area (Å²) in [7, 11) is 1.68. The highest BCUT2D eigenvalue weighted by atomic mass is 16.5. The van der Waals surface area contributed by atoms with Gasteiger partial charge in [0.2, 0.25) is 11.9 Å². The van der Waals surface area contributed by atoms with Crippen LogP contribution in [-0.4, -0.2) is 111 Å². The van der Waals surface area contributed by atoms with Gasteiger partial charge in [0.05, 0.1) is 26.4 Å². The van der Waals surface area contributed by atoms with Crippen molar-refractivity contribution in [3.63, 3.8) is 0 Å². The summed E-state index contributed by atoms with van der Waals surface area (Å²) in [5.41, 5.74) is 0. The van der Waals surface area contributed by atoms with Crippen molar-refractivity contribution in [2.45, 2.75) is 19.8 Å². The average molecular weight is 448 g/mol. The zero-order chi connectivity index (χ0) is 22.6. The number of likely N-dealkylation sites (tertiary alicyclic amines) is 1. The van der Waals surface area contributed by atoms with Crippen molar-refractivity contribution < 1.29 is 14.3 Å². The van der Waals surface area contributed by atoms with Gasteiger partial charge in [0.25, 0.3) is 0 Å². The average Bonchev–Trinajstić information content (AvgIpc) is 3.31. The fourth-order valence-corrected chi connectivity index (χ4v) is 4.01. The van der Waals surface area contributed by atoms with E-state index in [4.69, 9.17) is 14.5 Å². The molecule has 3 heterocycles. The molecule has 1 unspecified atom stereocenters. The molecule has 2 aliphatic rings. The highest BCUT2D eigenvalue weighted by Crippen LogP contribution is 2.17. The fraction of sp³-hybridized carbons (Fsp3) is 0.727. The third kappa shape index (κ3) is 7.30. The minimum atomic E-state index is 0.157. The summed E-state index contributed by atoms with van der Waals surface area (Å²) < 4.78 is 10.7. The standard InChI is InChI=1S/C22H37N7O3/c1-3-23-21(29-10-6-19(17-29)18-32-16-15-31-2)26-9-5-20(30)27-11-13-28(14-12-27)22-24-7-4-8-25-22/h4,7-8,19H,3,5-6,9-18H2,1-2H3,(H,23,26). The largest absolute Gasteiger partial charge is 0.382 e. The number of amides is 1. The number of methoxy groups -OCH3 is 1. The third-order valence-electron chi connectivity index (χ3n) is 5.76. The molecule has 0 aliphatic carbocycles. The number of aliphatic imine (C=N–C) groups is 1. The topological polar surface area (TPSA) is 95.4 Å². The summed E-state index contributed by atoms with van der Waals surface area (Å²) in [6.45, 7) is 10.2. The Balaban J connectivity index is 1.40. The molecule has 0 aromatic carbocycles. The lowest BCUT2D eigenvalue weighted by Gasteiger charge is -2.34. The minimum absolute atomic E-state index is 0.157. The van der Waals surface area contributed by atoms with Gasteiger partial charge in [-0.05, 0) is 19.4 Å². The lowest BCUT2D eigenvalue weighted by molar-refractivity contribution is -0.131. The van der Waals surface area contributed by atoms with E-state index in [1.54, 1.807) is 19.5 Å². The molecule has 1 aromatic rings. The number of hydrogen-bond acceptors (Lipinski definition) is 7. The summed E-state index contributed by atoms with van der Waals surface area (Å²) in [6, 6.07) is 1.81. The molecule has 32 heavy (non-hydrogen) atoms. The molecule has 1 aromatic heterocycles. The SMILES string of the molecule is CCNC(=NCCC(=O)N1CCN(c2ncccn2)CC1)N1CCC(COCCOC)C1. The molecule has 0 spiro atoms. The summed E-state index contributed by atoms with van der Waals surface area (Å²) in [4.78, 5) is 32.3. The number of ether oxygens (including phenoxy) is 2. The van der Waals surface area contributed by atoms with Crippen LogP contribution in [0.4, 0.5) is 5.95 Å². The van der Waals surface area contributed by atoms with Gasteiger partial charge in [0.15, 0.2) is 5.96 Å². The van der Waals surface area contributed by atoms with Crippen LogP contribution in [0.1, 0.15) is 19.8 Å². The van der Waals surface area contributed by atoms with Crippen molar-refractivity contribution in [3.05, 3.63) is 18.5 Å². The van der Waals surface area contributed by atoms with Crippen LogP contribution in [0.25, 0.3) is 0 Å². The molecule has 3 rings (SSSR count). The molecule has 10 heteroatoms. The highest BCUT2D eigenvalue weighted by Gasteiger charge is 2.25. The van der Waals surface area contributed by atoms with Gasteiger partial charge in [-0.1, -0.05) is 0 Å². The van der Waals surface area contributed by atoms with Gasteiger partial charge in [0.1, 0.15) is 0 Å². The van der Waals surface area contributed by atoms with E-state index in [1.165, 1.54) is 0 Å². The molecule has 10 nitrogen and oxygen atoms in total. The number of piperazine rings is 1. The first-order valence-corrected chi connectivity index (χ1v) is 11.6. The van der Waals surface area contributed by atoms with Gasteiger partial charge in [-0.3, -0.25) is 9.79 Å². The smallest absolute Gasteiger partial charge is 0.225 e. The molecule has 2 saturated heterocycles. The van der Waals surface area contributed by atoms with Crippen LogP contribution in [0.15, 0.2) is 23.5 Å². The molecule has 1 amide bonds.